The smallest absolute Gasteiger partial charge is 0.135 e. The van der Waals surface area contributed by atoms with Crippen LogP contribution in [0.15, 0.2) is 42.7 Å². The molecule has 3 N–H and O–H groups in total. The normalized spacial score (nSPS) is 18.2. The molecule has 1 fully saturated rings. The Morgan fingerprint density at radius 1 is 1.11 bits per heavy atom. The second-order valence-electron chi connectivity index (χ2n) is 4.61. The molecule has 3 rings (SSSR count). The second-order valence-corrected chi connectivity index (χ2v) is 4.61. The Morgan fingerprint density at radius 2 is 1.95 bits per heavy atom. The largest absolute Gasteiger partial charge is 0.366 e. The highest BCUT2D eigenvalue weighted by Crippen LogP contribution is 2.16. The molecule has 2 heterocycles. The van der Waals surface area contributed by atoms with E-state index in [-0.39, 0.29) is 0 Å². The van der Waals surface area contributed by atoms with Crippen molar-refractivity contribution < 1.29 is 0 Å². The van der Waals surface area contributed by atoms with Crippen LogP contribution in [0, 0.1) is 0 Å². The van der Waals surface area contributed by atoms with Crippen LogP contribution in [0.25, 0.3) is 0 Å². The summed E-state index contributed by atoms with van der Waals surface area (Å²) in [4.78, 5) is 8.49. The number of nitrogens with one attached hydrogen (secondary N) is 3. The quantitative estimate of drug-likeness (QED) is 0.780. The lowest BCUT2D eigenvalue weighted by Gasteiger charge is -2.12. The molecular weight excluding hydrogens is 238 g/mol. The molecule has 0 amide bonds. The topological polar surface area (TPSA) is 61.9 Å². The minimum Gasteiger partial charge on any atom is -0.366 e. The van der Waals surface area contributed by atoms with Crippen LogP contribution in [0.4, 0.5) is 17.3 Å². The van der Waals surface area contributed by atoms with Crippen molar-refractivity contribution in [2.75, 3.05) is 23.7 Å². The van der Waals surface area contributed by atoms with Crippen molar-refractivity contribution in [2.24, 2.45) is 0 Å². The van der Waals surface area contributed by atoms with Crippen molar-refractivity contribution in [3.63, 3.8) is 0 Å². The number of para-hydroxylation sites is 1. The number of anilines is 3. The van der Waals surface area contributed by atoms with Crippen LogP contribution in [-0.2, 0) is 0 Å². The Hall–Kier alpha value is -2.14. The van der Waals surface area contributed by atoms with Crippen molar-refractivity contribution >= 4 is 17.3 Å². The molecule has 1 saturated heterocycles. The molecule has 1 aliphatic rings. The summed E-state index contributed by atoms with van der Waals surface area (Å²) in [7, 11) is 0. The molecule has 0 spiro atoms. The van der Waals surface area contributed by atoms with Gasteiger partial charge >= 0.3 is 0 Å². The van der Waals surface area contributed by atoms with Gasteiger partial charge < -0.3 is 16.0 Å². The fourth-order valence-electron chi connectivity index (χ4n) is 2.16. The van der Waals surface area contributed by atoms with E-state index >= 15 is 0 Å². The van der Waals surface area contributed by atoms with Crippen molar-refractivity contribution in [2.45, 2.75) is 12.5 Å². The van der Waals surface area contributed by atoms with Gasteiger partial charge in [-0.2, -0.15) is 0 Å². The zero-order valence-corrected chi connectivity index (χ0v) is 10.6. The van der Waals surface area contributed by atoms with Gasteiger partial charge in [-0.1, -0.05) is 18.2 Å². The Balaban J connectivity index is 1.69. The highest BCUT2D eigenvalue weighted by Gasteiger charge is 2.14. The highest BCUT2D eigenvalue weighted by atomic mass is 15.1. The Bertz CT molecular complexity index is 522. The average molecular weight is 255 g/mol. The van der Waals surface area contributed by atoms with Crippen molar-refractivity contribution in [3.8, 4) is 0 Å². The van der Waals surface area contributed by atoms with E-state index < -0.39 is 0 Å². The van der Waals surface area contributed by atoms with Gasteiger partial charge in [-0.05, 0) is 25.1 Å². The summed E-state index contributed by atoms with van der Waals surface area (Å²) in [5, 5.41) is 10.0. The molecule has 1 aromatic carbocycles. The monoisotopic (exact) mass is 255 g/mol. The standard InChI is InChI=1S/C14H17N5/c1-2-4-11(5-3-1)18-13-8-14(17-10-16-13)19-12-6-7-15-9-12/h1-5,8,10,12,15H,6-7,9H2,(H2,16,17,18,19). The van der Waals surface area contributed by atoms with Crippen LogP contribution in [0.3, 0.4) is 0 Å². The van der Waals surface area contributed by atoms with E-state index in [4.69, 9.17) is 0 Å². The summed E-state index contributed by atoms with van der Waals surface area (Å²) in [6, 6.07) is 12.4. The first kappa shape index (κ1) is 11.9. The van der Waals surface area contributed by atoms with Crippen LogP contribution in [0.5, 0.6) is 0 Å². The van der Waals surface area contributed by atoms with Gasteiger partial charge in [0.1, 0.15) is 18.0 Å². The molecule has 5 nitrogen and oxygen atoms in total. The van der Waals surface area contributed by atoms with E-state index in [0.29, 0.717) is 6.04 Å². The first-order valence-corrected chi connectivity index (χ1v) is 6.51. The van der Waals surface area contributed by atoms with Gasteiger partial charge in [-0.25, -0.2) is 9.97 Å². The van der Waals surface area contributed by atoms with Gasteiger partial charge in [-0.15, -0.1) is 0 Å². The van der Waals surface area contributed by atoms with Gasteiger partial charge in [0, 0.05) is 24.3 Å². The van der Waals surface area contributed by atoms with E-state index in [1.165, 1.54) is 0 Å². The van der Waals surface area contributed by atoms with Crippen LogP contribution in [0.1, 0.15) is 6.42 Å². The Kier molecular flexibility index (Phi) is 3.56. The van der Waals surface area contributed by atoms with E-state index in [9.17, 15) is 0 Å². The molecule has 19 heavy (non-hydrogen) atoms. The summed E-state index contributed by atoms with van der Waals surface area (Å²) < 4.78 is 0. The summed E-state index contributed by atoms with van der Waals surface area (Å²) in [5.41, 5.74) is 1.02. The molecule has 1 aliphatic heterocycles. The van der Waals surface area contributed by atoms with Crippen molar-refractivity contribution in [3.05, 3.63) is 42.7 Å². The van der Waals surface area contributed by atoms with Gasteiger partial charge in [0.2, 0.25) is 0 Å². The Morgan fingerprint density at radius 3 is 2.74 bits per heavy atom. The fourth-order valence-corrected chi connectivity index (χ4v) is 2.16. The molecule has 1 atom stereocenters. The zero-order chi connectivity index (χ0) is 12.9. The van der Waals surface area contributed by atoms with Crippen LogP contribution < -0.4 is 16.0 Å². The predicted octanol–water partition coefficient (Wildman–Crippen LogP) is 1.99. The number of aromatic nitrogens is 2. The van der Waals surface area contributed by atoms with Gasteiger partial charge in [-0.3, -0.25) is 0 Å². The molecule has 5 heteroatoms. The summed E-state index contributed by atoms with van der Waals surface area (Å²) >= 11 is 0. The number of hydrogen-bond acceptors (Lipinski definition) is 5. The third-order valence-electron chi connectivity index (χ3n) is 3.13. The zero-order valence-electron chi connectivity index (χ0n) is 10.6. The van der Waals surface area contributed by atoms with Crippen molar-refractivity contribution in [1.82, 2.24) is 15.3 Å². The SMILES string of the molecule is c1ccc(Nc2cc(NC3CCNC3)ncn2)cc1. The number of nitrogens with zero attached hydrogens (tertiary/aromatic N) is 2. The van der Waals surface area contributed by atoms with Crippen LogP contribution in [-0.4, -0.2) is 29.1 Å². The van der Waals surface area contributed by atoms with E-state index in [1.54, 1.807) is 6.33 Å². The molecule has 0 saturated carbocycles. The maximum absolute atomic E-state index is 4.25. The number of rotatable bonds is 4. The van der Waals surface area contributed by atoms with Gasteiger partial charge in [0.05, 0.1) is 0 Å². The molecular formula is C14H17N5. The molecule has 2 aromatic rings. The van der Waals surface area contributed by atoms with E-state index in [1.807, 2.05) is 36.4 Å². The average Bonchev–Trinajstić information content (AvgIpc) is 2.93. The Labute approximate surface area is 112 Å². The minimum absolute atomic E-state index is 0.458. The van der Waals surface area contributed by atoms with Gasteiger partial charge in [0.15, 0.2) is 0 Å². The lowest BCUT2D eigenvalue weighted by molar-refractivity contribution is 0.787. The molecule has 1 aromatic heterocycles. The predicted molar refractivity (Wildman–Crippen MR) is 76.7 cm³/mol. The fraction of sp³-hybridized carbons (Fsp3) is 0.286. The van der Waals surface area contributed by atoms with E-state index in [0.717, 1.165) is 36.8 Å². The van der Waals surface area contributed by atoms with E-state index in [2.05, 4.69) is 25.9 Å². The summed E-state index contributed by atoms with van der Waals surface area (Å²) in [6.45, 7) is 2.06. The molecule has 0 aliphatic carbocycles. The van der Waals surface area contributed by atoms with Crippen LogP contribution >= 0.6 is 0 Å². The maximum atomic E-state index is 4.25. The van der Waals surface area contributed by atoms with Crippen LogP contribution in [0.2, 0.25) is 0 Å². The molecule has 1 unspecified atom stereocenters. The van der Waals surface area contributed by atoms with Gasteiger partial charge in [0.25, 0.3) is 0 Å². The summed E-state index contributed by atoms with van der Waals surface area (Å²) in [5.74, 6) is 1.66. The molecule has 0 bridgehead atoms. The number of hydrogen-bond donors (Lipinski definition) is 3. The molecule has 98 valence electrons. The minimum atomic E-state index is 0.458. The summed E-state index contributed by atoms with van der Waals surface area (Å²) in [6.07, 6.45) is 2.71. The lowest BCUT2D eigenvalue weighted by atomic mass is 10.2. The lowest BCUT2D eigenvalue weighted by Crippen LogP contribution is -2.22. The molecule has 0 radical (unpaired) electrons. The third-order valence-corrected chi connectivity index (χ3v) is 3.13. The maximum Gasteiger partial charge on any atom is 0.135 e. The van der Waals surface area contributed by atoms with Crippen molar-refractivity contribution in [1.29, 1.82) is 0 Å². The number of benzene rings is 1. The first-order valence-electron chi connectivity index (χ1n) is 6.51. The second kappa shape index (κ2) is 5.67. The highest BCUT2D eigenvalue weighted by molar-refractivity contribution is 5.58. The first-order chi connectivity index (χ1) is 9.40. The third kappa shape index (κ3) is 3.20.